The summed E-state index contributed by atoms with van der Waals surface area (Å²) >= 11 is 0. The molecule has 0 unspecified atom stereocenters. The van der Waals surface area contributed by atoms with Gasteiger partial charge in [0.1, 0.15) is 17.1 Å². The Morgan fingerprint density at radius 2 is 1.92 bits per heavy atom. The molecule has 1 aromatic rings. The molecule has 1 aliphatic heterocycles. The van der Waals surface area contributed by atoms with Crippen molar-refractivity contribution in [1.29, 1.82) is 0 Å². The Labute approximate surface area is 223 Å². The van der Waals surface area contributed by atoms with E-state index >= 15 is 0 Å². The van der Waals surface area contributed by atoms with E-state index in [9.17, 15) is 22.8 Å². The van der Waals surface area contributed by atoms with Crippen molar-refractivity contribution < 1.29 is 32.6 Å². The van der Waals surface area contributed by atoms with E-state index in [-0.39, 0.29) is 30.2 Å². The first-order valence-electron chi connectivity index (χ1n) is 12.8. The first kappa shape index (κ1) is 33.0. The van der Waals surface area contributed by atoms with E-state index in [0.717, 1.165) is 18.4 Å². The highest BCUT2D eigenvalue weighted by Gasteiger charge is 2.35. The molecule has 212 valence electrons. The number of alkyl halides is 3. The molecule has 0 atom stereocenters. The van der Waals surface area contributed by atoms with Crippen LogP contribution in [0.2, 0.25) is 0 Å². The standard InChI is InChI=1S/C26H34F3N3O4.C2H6/c1-4-19(16-30-14-13-23(34)35)8-6-5-7-15-32-17-22(33)24(31-25(32,2)3)20-9-11-21(12-10-20)36-26(28,29)18-27;1-2/h4,6,8-12,30H,5,7,13-18H2,1-3H3,(H,34,35);1-2H3/b8-6-,19-4+;. The fraction of sp³-hybridized carbons (Fsp3) is 0.536. The minimum absolute atomic E-state index is 0.0777. The van der Waals surface area contributed by atoms with Crippen LogP contribution >= 0.6 is 0 Å². The van der Waals surface area contributed by atoms with Crippen molar-refractivity contribution >= 4 is 17.5 Å². The third-order valence-electron chi connectivity index (χ3n) is 5.65. The van der Waals surface area contributed by atoms with Crippen LogP contribution in [0, 0.1) is 0 Å². The summed E-state index contributed by atoms with van der Waals surface area (Å²) in [5, 5.41) is 11.8. The minimum Gasteiger partial charge on any atom is -0.481 e. The Balaban J connectivity index is 0.00000352. The van der Waals surface area contributed by atoms with Crippen LogP contribution in [0.3, 0.4) is 0 Å². The number of halogens is 3. The number of hydrogen-bond donors (Lipinski definition) is 2. The number of nitrogens with one attached hydrogen (secondary N) is 1. The van der Waals surface area contributed by atoms with Gasteiger partial charge in [-0.1, -0.05) is 32.1 Å². The van der Waals surface area contributed by atoms with Gasteiger partial charge in [-0.25, -0.2) is 4.39 Å². The van der Waals surface area contributed by atoms with Crippen molar-refractivity contribution in [1.82, 2.24) is 10.2 Å². The number of aliphatic imine (C=N–C) groups is 1. The first-order chi connectivity index (χ1) is 18.0. The van der Waals surface area contributed by atoms with Gasteiger partial charge < -0.3 is 15.2 Å². The molecule has 0 bridgehead atoms. The first-order valence-corrected chi connectivity index (χ1v) is 12.8. The number of ketones is 1. The van der Waals surface area contributed by atoms with Crippen LogP contribution < -0.4 is 10.1 Å². The Morgan fingerprint density at radius 3 is 2.50 bits per heavy atom. The van der Waals surface area contributed by atoms with Gasteiger partial charge in [0.2, 0.25) is 0 Å². The SMILES string of the molecule is C/C=C(\C=C/CCCN1CC(=O)C(c2ccc(OC(F)(F)CF)cc2)=NC1(C)C)CNCCC(=O)O.CC. The maximum absolute atomic E-state index is 13.1. The molecule has 10 heteroatoms. The van der Waals surface area contributed by atoms with Crippen LogP contribution in [0.1, 0.15) is 59.4 Å². The second-order valence-electron chi connectivity index (χ2n) is 8.93. The molecular formula is C28H40F3N3O4. The Morgan fingerprint density at radius 1 is 1.26 bits per heavy atom. The number of aliphatic carboxylic acids is 1. The van der Waals surface area contributed by atoms with E-state index in [0.29, 0.717) is 25.2 Å². The molecule has 0 fully saturated rings. The highest BCUT2D eigenvalue weighted by atomic mass is 19.3. The fourth-order valence-electron chi connectivity index (χ4n) is 3.63. The summed E-state index contributed by atoms with van der Waals surface area (Å²) in [6, 6.07) is 5.46. The van der Waals surface area contributed by atoms with Gasteiger partial charge in [0.05, 0.1) is 13.0 Å². The third-order valence-corrected chi connectivity index (χ3v) is 5.65. The zero-order valence-electron chi connectivity index (χ0n) is 22.9. The largest absolute Gasteiger partial charge is 0.481 e. The molecule has 1 aliphatic rings. The smallest absolute Gasteiger partial charge is 0.427 e. The van der Waals surface area contributed by atoms with Crippen LogP contribution in [-0.2, 0) is 9.59 Å². The van der Waals surface area contributed by atoms with E-state index in [1.165, 1.54) is 24.3 Å². The molecule has 0 saturated heterocycles. The Hall–Kier alpha value is -2.98. The van der Waals surface area contributed by atoms with Crippen molar-refractivity contribution in [2.75, 3.05) is 32.9 Å². The predicted molar refractivity (Wildman–Crippen MR) is 144 cm³/mol. The monoisotopic (exact) mass is 539 g/mol. The van der Waals surface area contributed by atoms with E-state index < -0.39 is 24.4 Å². The summed E-state index contributed by atoms with van der Waals surface area (Å²) in [5.74, 6) is -1.20. The third kappa shape index (κ3) is 11.2. The zero-order chi connectivity index (χ0) is 28.8. The number of hydrogen-bond acceptors (Lipinski definition) is 6. The minimum atomic E-state index is -3.90. The van der Waals surface area contributed by atoms with Gasteiger partial charge in [-0.2, -0.15) is 8.78 Å². The summed E-state index contributed by atoms with van der Waals surface area (Å²) in [5.41, 5.74) is 1.19. The number of rotatable bonds is 14. The molecule has 0 aromatic heterocycles. The molecular weight excluding hydrogens is 499 g/mol. The molecule has 1 aromatic carbocycles. The predicted octanol–water partition coefficient (Wildman–Crippen LogP) is 5.41. The molecule has 0 spiro atoms. The lowest BCUT2D eigenvalue weighted by Crippen LogP contribution is -2.52. The lowest BCUT2D eigenvalue weighted by Gasteiger charge is -2.39. The number of unbranched alkanes of at least 4 members (excludes halogenated alkanes) is 1. The lowest BCUT2D eigenvalue weighted by molar-refractivity contribution is -0.186. The van der Waals surface area contributed by atoms with Crippen LogP contribution in [0.25, 0.3) is 0 Å². The summed E-state index contributed by atoms with van der Waals surface area (Å²) < 4.78 is 42.8. The van der Waals surface area contributed by atoms with Crippen molar-refractivity contribution in [3.8, 4) is 5.75 Å². The number of allylic oxidation sites excluding steroid dienone is 2. The number of carboxylic acids is 1. The lowest BCUT2D eigenvalue weighted by atomic mass is 10.00. The van der Waals surface area contributed by atoms with E-state index in [1.54, 1.807) is 0 Å². The van der Waals surface area contributed by atoms with Crippen LogP contribution in [-0.4, -0.2) is 72.1 Å². The van der Waals surface area contributed by atoms with Gasteiger partial charge >= 0.3 is 12.1 Å². The quantitative estimate of drug-likeness (QED) is 0.243. The normalized spacial score (nSPS) is 16.2. The van der Waals surface area contributed by atoms with Gasteiger partial charge in [0.25, 0.3) is 0 Å². The van der Waals surface area contributed by atoms with Crippen LogP contribution in [0.15, 0.2) is 53.1 Å². The molecule has 0 aliphatic carbocycles. The molecule has 0 amide bonds. The number of nitrogens with zero attached hydrogens (tertiary/aromatic N) is 2. The van der Waals surface area contributed by atoms with Crippen LogP contribution in [0.4, 0.5) is 13.2 Å². The van der Waals surface area contributed by atoms with Gasteiger partial charge in [0.15, 0.2) is 12.5 Å². The van der Waals surface area contributed by atoms with Gasteiger partial charge in [-0.15, -0.1) is 0 Å². The van der Waals surface area contributed by atoms with E-state index in [1.807, 2.05) is 51.7 Å². The molecule has 38 heavy (non-hydrogen) atoms. The number of carbonyl (C=O) groups excluding carboxylic acids is 1. The Kier molecular flexibility index (Phi) is 14.0. The topological polar surface area (TPSA) is 91.2 Å². The molecule has 7 nitrogen and oxygen atoms in total. The van der Waals surface area contributed by atoms with Crippen molar-refractivity contribution in [3.63, 3.8) is 0 Å². The van der Waals surface area contributed by atoms with Crippen molar-refractivity contribution in [2.24, 2.45) is 4.99 Å². The maximum atomic E-state index is 13.1. The maximum Gasteiger partial charge on any atom is 0.427 e. The Bertz CT molecular complexity index is 990. The second kappa shape index (κ2) is 16.1. The molecule has 2 rings (SSSR count). The van der Waals surface area contributed by atoms with Crippen molar-refractivity contribution in [3.05, 3.63) is 53.6 Å². The average Bonchev–Trinajstić information content (AvgIpc) is 2.88. The number of benzene rings is 1. The van der Waals surface area contributed by atoms with E-state index in [4.69, 9.17) is 5.11 Å². The summed E-state index contributed by atoms with van der Waals surface area (Å²) in [6.45, 7) is 9.67. The second-order valence-corrected chi connectivity index (χ2v) is 8.93. The molecule has 0 saturated carbocycles. The molecule has 2 N–H and O–H groups in total. The van der Waals surface area contributed by atoms with E-state index in [2.05, 4.69) is 21.1 Å². The highest BCUT2D eigenvalue weighted by Crippen LogP contribution is 2.26. The van der Waals surface area contributed by atoms with Gasteiger partial charge in [-0.05, 0) is 63.5 Å². The summed E-state index contributed by atoms with van der Waals surface area (Å²) in [6.07, 6.45) is 3.83. The highest BCUT2D eigenvalue weighted by molar-refractivity contribution is 6.47. The number of carboxylic acid groups (broad SMARTS) is 1. The number of ether oxygens (including phenoxy) is 1. The van der Waals surface area contributed by atoms with Gasteiger partial charge in [-0.3, -0.25) is 19.5 Å². The summed E-state index contributed by atoms with van der Waals surface area (Å²) in [4.78, 5) is 30.0. The molecule has 0 radical (unpaired) electrons. The molecule has 1 heterocycles. The van der Waals surface area contributed by atoms with Gasteiger partial charge in [0, 0.05) is 25.2 Å². The summed E-state index contributed by atoms with van der Waals surface area (Å²) in [7, 11) is 0. The fourth-order valence-corrected chi connectivity index (χ4v) is 3.63. The average molecular weight is 540 g/mol. The number of Topliss-reactive ketones (excluding diaryl/α,β-unsaturated/α-hetero) is 1. The zero-order valence-corrected chi connectivity index (χ0v) is 22.9. The number of carbonyl (C=O) groups is 2. The van der Waals surface area contributed by atoms with Crippen LogP contribution in [0.5, 0.6) is 5.75 Å². The van der Waals surface area contributed by atoms with Crippen molar-refractivity contribution in [2.45, 2.75) is 65.7 Å².